The lowest BCUT2D eigenvalue weighted by molar-refractivity contribution is -0.145. The van der Waals surface area contributed by atoms with Crippen LogP contribution in [0.15, 0.2) is 6.07 Å². The molecule has 1 rings (SSSR count). The molecule has 16 heavy (non-hydrogen) atoms. The summed E-state index contributed by atoms with van der Waals surface area (Å²) in [5.41, 5.74) is 0. The maximum atomic E-state index is 12.4. The standard InChI is InChI=1S/C9H12F3N3O/c1-5(2)16-7-4-6(13-3)14-8(15-7)9(10,11)12/h4-5H,1-3H3,(H,13,14,15). The first-order valence-corrected chi connectivity index (χ1v) is 4.63. The van der Waals surface area contributed by atoms with Crippen molar-refractivity contribution in [3.63, 3.8) is 0 Å². The zero-order valence-corrected chi connectivity index (χ0v) is 9.09. The van der Waals surface area contributed by atoms with Crippen LogP contribution in [0.4, 0.5) is 19.0 Å². The maximum Gasteiger partial charge on any atom is 0.451 e. The molecule has 0 spiro atoms. The Bertz CT molecular complexity index is 366. The molecule has 1 aromatic rings. The van der Waals surface area contributed by atoms with Gasteiger partial charge in [0.25, 0.3) is 0 Å². The van der Waals surface area contributed by atoms with Gasteiger partial charge < -0.3 is 10.1 Å². The van der Waals surface area contributed by atoms with E-state index >= 15 is 0 Å². The first kappa shape index (κ1) is 12.5. The fraction of sp³-hybridized carbons (Fsp3) is 0.556. The molecule has 0 bridgehead atoms. The fourth-order valence-electron chi connectivity index (χ4n) is 0.982. The van der Waals surface area contributed by atoms with E-state index in [4.69, 9.17) is 4.74 Å². The van der Waals surface area contributed by atoms with E-state index in [0.717, 1.165) is 0 Å². The number of hydrogen-bond donors (Lipinski definition) is 1. The summed E-state index contributed by atoms with van der Waals surface area (Å²) in [4.78, 5) is 6.60. The van der Waals surface area contributed by atoms with Gasteiger partial charge in [0.1, 0.15) is 5.82 Å². The molecule has 1 N–H and O–H groups in total. The number of halogens is 3. The Labute approximate surface area is 90.9 Å². The van der Waals surface area contributed by atoms with Crippen LogP contribution in [0.3, 0.4) is 0 Å². The molecule has 0 saturated carbocycles. The van der Waals surface area contributed by atoms with E-state index in [1.807, 2.05) is 0 Å². The summed E-state index contributed by atoms with van der Waals surface area (Å²) in [6.07, 6.45) is -4.83. The summed E-state index contributed by atoms with van der Waals surface area (Å²) in [6, 6.07) is 1.31. The van der Waals surface area contributed by atoms with Crippen LogP contribution >= 0.6 is 0 Å². The summed E-state index contributed by atoms with van der Waals surface area (Å²) < 4.78 is 42.3. The number of anilines is 1. The van der Waals surface area contributed by atoms with Gasteiger partial charge in [-0.25, -0.2) is 4.98 Å². The third kappa shape index (κ3) is 3.25. The SMILES string of the molecule is CNc1cc(OC(C)C)nc(C(F)(F)F)n1. The van der Waals surface area contributed by atoms with Crippen molar-refractivity contribution in [3.8, 4) is 5.88 Å². The van der Waals surface area contributed by atoms with Crippen molar-refractivity contribution in [2.45, 2.75) is 26.1 Å². The lowest BCUT2D eigenvalue weighted by atomic mass is 10.4. The normalized spacial score (nSPS) is 11.7. The second-order valence-corrected chi connectivity index (χ2v) is 3.33. The number of aromatic nitrogens is 2. The predicted octanol–water partition coefficient (Wildman–Crippen LogP) is 2.32. The third-order valence-corrected chi connectivity index (χ3v) is 1.57. The first-order valence-electron chi connectivity index (χ1n) is 4.63. The van der Waals surface area contributed by atoms with Crippen LogP contribution in [0.25, 0.3) is 0 Å². The van der Waals surface area contributed by atoms with Crippen molar-refractivity contribution in [3.05, 3.63) is 11.9 Å². The highest BCUT2D eigenvalue weighted by molar-refractivity contribution is 5.38. The van der Waals surface area contributed by atoms with Crippen LogP contribution < -0.4 is 10.1 Å². The highest BCUT2D eigenvalue weighted by Gasteiger charge is 2.35. The van der Waals surface area contributed by atoms with Gasteiger partial charge >= 0.3 is 6.18 Å². The van der Waals surface area contributed by atoms with Crippen LogP contribution in [0, 0.1) is 0 Å². The van der Waals surface area contributed by atoms with Crippen molar-refractivity contribution in [1.82, 2.24) is 9.97 Å². The van der Waals surface area contributed by atoms with Gasteiger partial charge in [0.2, 0.25) is 11.7 Å². The number of alkyl halides is 3. The Morgan fingerprint density at radius 2 is 1.94 bits per heavy atom. The average molecular weight is 235 g/mol. The molecular weight excluding hydrogens is 223 g/mol. The quantitative estimate of drug-likeness (QED) is 0.873. The zero-order valence-electron chi connectivity index (χ0n) is 9.09. The minimum atomic E-state index is -4.58. The lowest BCUT2D eigenvalue weighted by Crippen LogP contribution is -2.15. The van der Waals surface area contributed by atoms with Crippen LogP contribution in [0.1, 0.15) is 19.7 Å². The van der Waals surface area contributed by atoms with Gasteiger partial charge in [-0.15, -0.1) is 0 Å². The lowest BCUT2D eigenvalue weighted by Gasteiger charge is -2.12. The van der Waals surface area contributed by atoms with E-state index in [-0.39, 0.29) is 17.8 Å². The van der Waals surface area contributed by atoms with Crippen molar-refractivity contribution < 1.29 is 17.9 Å². The van der Waals surface area contributed by atoms with Gasteiger partial charge in [-0.05, 0) is 13.8 Å². The molecular formula is C9H12F3N3O. The van der Waals surface area contributed by atoms with E-state index in [1.165, 1.54) is 13.1 Å². The molecule has 0 aliphatic carbocycles. The molecule has 0 aromatic carbocycles. The molecule has 0 radical (unpaired) electrons. The summed E-state index contributed by atoms with van der Waals surface area (Å²) in [6.45, 7) is 3.41. The second kappa shape index (κ2) is 4.54. The molecule has 7 heteroatoms. The van der Waals surface area contributed by atoms with Gasteiger partial charge in [-0.3, -0.25) is 0 Å². The number of ether oxygens (including phenoxy) is 1. The van der Waals surface area contributed by atoms with Gasteiger partial charge in [0.05, 0.1) is 6.10 Å². The van der Waals surface area contributed by atoms with Crippen LogP contribution in [0.5, 0.6) is 5.88 Å². The Kier molecular flexibility index (Phi) is 3.56. The molecule has 0 fully saturated rings. The Hall–Kier alpha value is -1.53. The molecule has 1 aromatic heterocycles. The molecule has 0 aliphatic rings. The third-order valence-electron chi connectivity index (χ3n) is 1.57. The van der Waals surface area contributed by atoms with Crippen LogP contribution in [-0.2, 0) is 6.18 Å². The van der Waals surface area contributed by atoms with Gasteiger partial charge in [-0.2, -0.15) is 18.2 Å². The van der Waals surface area contributed by atoms with E-state index in [0.29, 0.717) is 0 Å². The Morgan fingerprint density at radius 1 is 1.31 bits per heavy atom. The molecule has 0 aliphatic heterocycles. The average Bonchev–Trinajstić information content (AvgIpc) is 2.14. The maximum absolute atomic E-state index is 12.4. The van der Waals surface area contributed by atoms with E-state index in [9.17, 15) is 13.2 Å². The summed E-state index contributed by atoms with van der Waals surface area (Å²) in [5.74, 6) is -1.24. The first-order chi connectivity index (χ1) is 7.32. The molecule has 4 nitrogen and oxygen atoms in total. The van der Waals surface area contributed by atoms with Crippen molar-refractivity contribution in [2.24, 2.45) is 0 Å². The predicted molar refractivity (Wildman–Crippen MR) is 52.3 cm³/mol. The summed E-state index contributed by atoms with van der Waals surface area (Å²) in [7, 11) is 1.47. The zero-order chi connectivity index (χ0) is 12.3. The Balaban J connectivity index is 3.11. The minimum Gasteiger partial charge on any atom is -0.475 e. The van der Waals surface area contributed by atoms with E-state index in [2.05, 4.69) is 15.3 Å². The topological polar surface area (TPSA) is 47.0 Å². The molecule has 1 heterocycles. The number of rotatable bonds is 3. The fourth-order valence-corrected chi connectivity index (χ4v) is 0.982. The monoisotopic (exact) mass is 235 g/mol. The van der Waals surface area contributed by atoms with Crippen molar-refractivity contribution >= 4 is 5.82 Å². The van der Waals surface area contributed by atoms with Gasteiger partial charge in [-0.1, -0.05) is 0 Å². The van der Waals surface area contributed by atoms with Crippen LogP contribution in [-0.4, -0.2) is 23.1 Å². The van der Waals surface area contributed by atoms with Gasteiger partial charge in [0, 0.05) is 13.1 Å². The number of hydrogen-bond acceptors (Lipinski definition) is 4. The number of nitrogens with zero attached hydrogens (tertiary/aromatic N) is 2. The molecule has 90 valence electrons. The largest absolute Gasteiger partial charge is 0.475 e. The Morgan fingerprint density at radius 3 is 2.38 bits per heavy atom. The van der Waals surface area contributed by atoms with Gasteiger partial charge in [0.15, 0.2) is 0 Å². The smallest absolute Gasteiger partial charge is 0.451 e. The molecule has 0 saturated heterocycles. The van der Waals surface area contributed by atoms with Crippen molar-refractivity contribution in [2.75, 3.05) is 12.4 Å². The minimum absolute atomic E-state index is 0.0676. The molecule has 0 amide bonds. The summed E-state index contributed by atoms with van der Waals surface area (Å²) in [5, 5.41) is 2.52. The molecule has 0 atom stereocenters. The van der Waals surface area contributed by atoms with Crippen LogP contribution in [0.2, 0.25) is 0 Å². The van der Waals surface area contributed by atoms with Crippen molar-refractivity contribution in [1.29, 1.82) is 0 Å². The summed E-state index contributed by atoms with van der Waals surface area (Å²) >= 11 is 0. The van der Waals surface area contributed by atoms with E-state index in [1.54, 1.807) is 13.8 Å². The highest BCUT2D eigenvalue weighted by atomic mass is 19.4. The second-order valence-electron chi connectivity index (χ2n) is 3.33. The number of nitrogens with one attached hydrogen (secondary N) is 1. The highest BCUT2D eigenvalue weighted by Crippen LogP contribution is 2.28. The van der Waals surface area contributed by atoms with E-state index < -0.39 is 12.0 Å². The molecule has 0 unspecified atom stereocenters.